The van der Waals surface area contributed by atoms with E-state index in [1.807, 2.05) is 0 Å². The van der Waals surface area contributed by atoms with Gasteiger partial charge in [0.2, 0.25) is 5.91 Å². The van der Waals surface area contributed by atoms with Crippen LogP contribution in [0.4, 0.5) is 0 Å². The van der Waals surface area contributed by atoms with E-state index in [1.54, 1.807) is 0 Å². The molecule has 0 aliphatic rings. The summed E-state index contributed by atoms with van der Waals surface area (Å²) >= 11 is 0. The summed E-state index contributed by atoms with van der Waals surface area (Å²) in [6.07, 6.45) is 0. The Balaban J connectivity index is 0. The van der Waals surface area contributed by atoms with Crippen LogP contribution in [-0.4, -0.2) is 5.91 Å². The van der Waals surface area contributed by atoms with Crippen molar-refractivity contribution in [1.29, 1.82) is 0 Å². The van der Waals surface area contributed by atoms with Gasteiger partial charge in [0, 0.05) is 21.0 Å². The first kappa shape index (κ1) is 9.66. The first-order valence-corrected chi connectivity index (χ1v) is 1.72. The van der Waals surface area contributed by atoms with Gasteiger partial charge >= 0.3 is 0 Å². The number of hydrogen-bond acceptors (Lipinski definition) is 2. The second-order valence-electron chi connectivity index (χ2n) is 0.733. The molecule has 0 rings (SSSR count). The number of hydrogen-bond donors (Lipinski definition) is 2. The molecule has 0 aromatic heterocycles. The van der Waals surface area contributed by atoms with Crippen molar-refractivity contribution in [2.75, 3.05) is 0 Å². The van der Waals surface area contributed by atoms with E-state index in [1.165, 1.54) is 6.92 Å². The van der Waals surface area contributed by atoms with E-state index in [0.717, 1.165) is 0 Å². The van der Waals surface area contributed by atoms with Gasteiger partial charge in [-0.25, -0.2) is 0 Å². The summed E-state index contributed by atoms with van der Waals surface area (Å²) in [5.41, 5.74) is 4.25. The maximum Gasteiger partial charge on any atom is 0.216 e. The van der Waals surface area contributed by atoms with Crippen molar-refractivity contribution in [2.24, 2.45) is 5.73 Å². The zero-order chi connectivity index (χ0) is 6.28. The first-order valence-electron chi connectivity index (χ1n) is 1.72. The predicted molar refractivity (Wildman–Crippen MR) is 28.7 cm³/mol. The molecule has 0 saturated heterocycles. The normalized spacial score (nSPS) is 5.71. The lowest BCUT2D eigenvalue weighted by molar-refractivity contribution is -0.118. The lowest BCUT2D eigenvalue weighted by Crippen LogP contribution is -2.08. The zero-order valence-electron chi connectivity index (χ0n) is 4.40. The molecule has 7 heavy (non-hydrogen) atoms. The highest BCUT2D eigenvalue weighted by Crippen LogP contribution is 1.47. The van der Waals surface area contributed by atoms with Gasteiger partial charge in [0.25, 0.3) is 0 Å². The maximum absolute atomic E-state index is 9.64. The molecule has 0 aliphatic carbocycles. The third kappa shape index (κ3) is 31.2. The zero-order valence-corrected chi connectivity index (χ0v) is 4.40. The summed E-state index contributed by atoms with van der Waals surface area (Å²) in [5.74, 6) is -0.106. The fourth-order valence-electron chi connectivity index (χ4n) is 0. The van der Waals surface area contributed by atoms with E-state index in [4.69, 9.17) is 0 Å². The van der Waals surface area contributed by atoms with Crippen LogP contribution in [0.5, 0.6) is 0 Å². The van der Waals surface area contributed by atoms with E-state index in [9.17, 15) is 4.79 Å². The van der Waals surface area contributed by atoms with Gasteiger partial charge in [-0.05, 0) is 0 Å². The summed E-state index contributed by atoms with van der Waals surface area (Å²) in [4.78, 5) is 9.64. The number of carbonyl (C=O) groups excluding carboxylic acids is 1. The molecule has 3 heteroatoms. The highest BCUT2D eigenvalue weighted by atomic mass is 16.1. The quantitative estimate of drug-likeness (QED) is 0.439. The molecular formula is C4H10N2O. The molecule has 3 nitrogen and oxygen atoms in total. The minimum Gasteiger partial charge on any atom is -0.355 e. The molecule has 0 atom stereocenters. The summed E-state index contributed by atoms with van der Waals surface area (Å²) in [5, 5.41) is 2.14. The number of amides is 1. The molecule has 0 bridgehead atoms. The molecule has 0 aromatic rings. The van der Waals surface area contributed by atoms with Crippen LogP contribution >= 0.6 is 0 Å². The fraction of sp³-hybridized carbons (Fsp3) is 0.250. The SMILES string of the molecule is [CH2]N.[CH2]NC(C)=O. The molecule has 1 amide bonds. The summed E-state index contributed by atoms with van der Waals surface area (Å²) in [7, 11) is 5.84. The summed E-state index contributed by atoms with van der Waals surface area (Å²) < 4.78 is 0. The van der Waals surface area contributed by atoms with E-state index < -0.39 is 0 Å². The Labute approximate surface area is 43.9 Å². The molecule has 0 fully saturated rings. The molecule has 0 aromatic carbocycles. The van der Waals surface area contributed by atoms with Crippen molar-refractivity contribution in [3.05, 3.63) is 14.1 Å². The molecule has 0 aliphatic heterocycles. The van der Waals surface area contributed by atoms with Crippen LogP contribution in [0.25, 0.3) is 0 Å². The van der Waals surface area contributed by atoms with Crippen LogP contribution in [0.15, 0.2) is 0 Å². The summed E-state index contributed by atoms with van der Waals surface area (Å²) in [6, 6.07) is 0. The Morgan fingerprint density at radius 3 is 1.86 bits per heavy atom. The fourth-order valence-corrected chi connectivity index (χ4v) is 0. The lowest BCUT2D eigenvalue weighted by Gasteiger charge is -1.79. The number of carbonyl (C=O) groups is 1. The lowest BCUT2D eigenvalue weighted by atomic mass is 10.7. The van der Waals surface area contributed by atoms with Crippen molar-refractivity contribution in [3.63, 3.8) is 0 Å². The largest absolute Gasteiger partial charge is 0.355 e. The second-order valence-corrected chi connectivity index (χ2v) is 0.733. The molecule has 42 valence electrons. The number of nitrogens with two attached hydrogens (primary N) is 1. The minimum absolute atomic E-state index is 0.106. The minimum atomic E-state index is -0.106. The number of rotatable bonds is 0. The Bertz CT molecular complexity index is 45.0. The van der Waals surface area contributed by atoms with Gasteiger partial charge in [-0.2, -0.15) is 0 Å². The van der Waals surface area contributed by atoms with Gasteiger partial charge in [-0.1, -0.05) is 0 Å². The number of nitrogens with one attached hydrogen (secondary N) is 1. The van der Waals surface area contributed by atoms with Crippen molar-refractivity contribution < 1.29 is 4.79 Å². The summed E-state index contributed by atoms with van der Waals surface area (Å²) in [6.45, 7) is 1.41. The Morgan fingerprint density at radius 2 is 1.86 bits per heavy atom. The average molecular weight is 102 g/mol. The van der Waals surface area contributed by atoms with E-state index >= 15 is 0 Å². The maximum atomic E-state index is 9.64. The van der Waals surface area contributed by atoms with Crippen LogP contribution in [0.3, 0.4) is 0 Å². The van der Waals surface area contributed by atoms with Gasteiger partial charge < -0.3 is 11.1 Å². The predicted octanol–water partition coefficient (Wildman–Crippen LogP) is -0.349. The molecule has 0 saturated carbocycles. The van der Waals surface area contributed by atoms with Gasteiger partial charge in [0.15, 0.2) is 0 Å². The highest BCUT2D eigenvalue weighted by molar-refractivity contribution is 5.72. The van der Waals surface area contributed by atoms with Gasteiger partial charge in [0.1, 0.15) is 0 Å². The van der Waals surface area contributed by atoms with Crippen molar-refractivity contribution in [2.45, 2.75) is 6.92 Å². The van der Waals surface area contributed by atoms with Crippen molar-refractivity contribution in [3.8, 4) is 0 Å². The molecule has 0 spiro atoms. The van der Waals surface area contributed by atoms with Crippen LogP contribution < -0.4 is 11.1 Å². The standard InChI is InChI=1S/C3H6NO.CH4N/c1-3(5)4-2;1-2/h2H2,1H3,(H,4,5);1-2H2. The first-order chi connectivity index (χ1) is 3.27. The molecular weight excluding hydrogens is 92.1 g/mol. The second kappa shape index (κ2) is 9.06. The topological polar surface area (TPSA) is 55.1 Å². The van der Waals surface area contributed by atoms with Gasteiger partial charge in [0.05, 0.1) is 0 Å². The van der Waals surface area contributed by atoms with Crippen LogP contribution in [0.1, 0.15) is 6.92 Å². The Kier molecular flexibility index (Phi) is 12.5. The van der Waals surface area contributed by atoms with E-state index in [-0.39, 0.29) is 5.91 Å². The van der Waals surface area contributed by atoms with Crippen molar-refractivity contribution >= 4 is 5.91 Å². The molecule has 2 radical (unpaired) electrons. The third-order valence-corrected chi connectivity index (χ3v) is 0.249. The van der Waals surface area contributed by atoms with Crippen LogP contribution in [0, 0.1) is 14.1 Å². The average Bonchev–Trinajstić information content (AvgIpc) is 1.73. The Morgan fingerprint density at radius 1 is 1.71 bits per heavy atom. The van der Waals surface area contributed by atoms with Gasteiger partial charge in [-0.15, -0.1) is 0 Å². The van der Waals surface area contributed by atoms with Gasteiger partial charge in [-0.3, -0.25) is 4.79 Å². The van der Waals surface area contributed by atoms with E-state index in [0.29, 0.717) is 0 Å². The van der Waals surface area contributed by atoms with E-state index in [2.05, 4.69) is 25.1 Å². The van der Waals surface area contributed by atoms with Crippen molar-refractivity contribution in [1.82, 2.24) is 5.32 Å². The van der Waals surface area contributed by atoms with Crippen LogP contribution in [-0.2, 0) is 4.79 Å². The highest BCUT2D eigenvalue weighted by Gasteiger charge is 1.73. The third-order valence-electron chi connectivity index (χ3n) is 0.249. The molecule has 3 N–H and O–H groups in total. The van der Waals surface area contributed by atoms with Crippen LogP contribution in [0.2, 0.25) is 0 Å². The smallest absolute Gasteiger partial charge is 0.216 e. The Hall–Kier alpha value is -0.570. The monoisotopic (exact) mass is 102 g/mol. The molecule has 0 unspecified atom stereocenters. The molecule has 0 heterocycles.